The highest BCUT2D eigenvalue weighted by molar-refractivity contribution is 5.22. The Morgan fingerprint density at radius 3 is 2.33 bits per heavy atom. The zero-order valence-electron chi connectivity index (χ0n) is 8.04. The number of nitrogens with zero attached hydrogens (tertiary/aromatic N) is 1. The Bertz CT molecular complexity index is 332. The summed E-state index contributed by atoms with van der Waals surface area (Å²) in [6.07, 6.45) is -3.43. The van der Waals surface area contributed by atoms with Crippen molar-refractivity contribution in [1.29, 1.82) is 0 Å². The molecule has 6 heteroatoms. The van der Waals surface area contributed by atoms with Crippen LogP contribution in [-0.2, 0) is 11.7 Å². The number of aliphatic hydroxyl groups is 1. The third-order valence-electron chi connectivity index (χ3n) is 2.04. The lowest BCUT2D eigenvalue weighted by molar-refractivity contribution is -0.141. The van der Waals surface area contributed by atoms with Crippen molar-refractivity contribution in [1.82, 2.24) is 4.98 Å². The molecule has 0 saturated heterocycles. The third kappa shape index (κ3) is 2.66. The van der Waals surface area contributed by atoms with E-state index in [1.807, 2.05) is 0 Å². The average molecular weight is 220 g/mol. The number of nitrogens with two attached hydrogens (primary N) is 1. The van der Waals surface area contributed by atoms with Crippen molar-refractivity contribution >= 4 is 0 Å². The van der Waals surface area contributed by atoms with Crippen LogP contribution in [0.4, 0.5) is 13.2 Å². The van der Waals surface area contributed by atoms with Gasteiger partial charge in [0.1, 0.15) is 5.69 Å². The summed E-state index contributed by atoms with van der Waals surface area (Å²) in [4.78, 5) is 3.25. The van der Waals surface area contributed by atoms with Gasteiger partial charge in [-0.1, -0.05) is 6.07 Å². The first-order valence-corrected chi connectivity index (χ1v) is 4.21. The van der Waals surface area contributed by atoms with Crippen LogP contribution in [0.25, 0.3) is 0 Å². The zero-order valence-corrected chi connectivity index (χ0v) is 8.04. The Hall–Kier alpha value is -1.14. The minimum absolute atomic E-state index is 0.359. The predicted molar refractivity (Wildman–Crippen MR) is 47.9 cm³/mol. The second kappa shape index (κ2) is 3.79. The van der Waals surface area contributed by atoms with Gasteiger partial charge in [0.15, 0.2) is 0 Å². The summed E-state index contributed by atoms with van der Waals surface area (Å²) in [5.41, 5.74) is 3.94. The van der Waals surface area contributed by atoms with Gasteiger partial charge in [0.2, 0.25) is 0 Å². The van der Waals surface area contributed by atoms with E-state index in [-0.39, 0.29) is 6.61 Å². The Morgan fingerprint density at radius 2 is 2.00 bits per heavy atom. The molecule has 0 bridgehead atoms. The predicted octanol–water partition coefficient (Wildman–Crippen LogP) is 1.27. The molecule has 0 aliphatic heterocycles. The van der Waals surface area contributed by atoms with Crippen LogP contribution in [0, 0.1) is 0 Å². The molecule has 0 fully saturated rings. The summed E-state index contributed by atoms with van der Waals surface area (Å²) in [5, 5.41) is 8.90. The van der Waals surface area contributed by atoms with Gasteiger partial charge in [-0.3, -0.25) is 4.98 Å². The lowest BCUT2D eigenvalue weighted by Gasteiger charge is -2.21. The molecular weight excluding hydrogens is 209 g/mol. The summed E-state index contributed by atoms with van der Waals surface area (Å²) < 4.78 is 36.5. The van der Waals surface area contributed by atoms with E-state index >= 15 is 0 Å². The molecule has 1 rings (SSSR count). The van der Waals surface area contributed by atoms with Gasteiger partial charge in [0.25, 0.3) is 0 Å². The van der Waals surface area contributed by atoms with Crippen molar-refractivity contribution in [3.63, 3.8) is 0 Å². The van der Waals surface area contributed by atoms with Gasteiger partial charge in [-0.05, 0) is 18.6 Å². The lowest BCUT2D eigenvalue weighted by atomic mass is 9.96. The molecule has 1 aromatic rings. The number of aliphatic hydroxyl groups excluding tert-OH is 1. The van der Waals surface area contributed by atoms with Crippen LogP contribution >= 0.6 is 0 Å². The Balaban J connectivity index is 3.01. The first-order valence-electron chi connectivity index (χ1n) is 4.21. The number of rotatable bonds is 2. The molecule has 0 radical (unpaired) electrons. The van der Waals surface area contributed by atoms with Crippen LogP contribution in [-0.4, -0.2) is 16.7 Å². The average Bonchev–Trinajstić information content (AvgIpc) is 2.17. The van der Waals surface area contributed by atoms with Gasteiger partial charge < -0.3 is 10.8 Å². The summed E-state index contributed by atoms with van der Waals surface area (Å²) in [5.74, 6) is 0. The summed E-state index contributed by atoms with van der Waals surface area (Å²) >= 11 is 0. The topological polar surface area (TPSA) is 59.1 Å². The van der Waals surface area contributed by atoms with Crippen LogP contribution in [0.3, 0.4) is 0 Å². The fraction of sp³-hybridized carbons (Fsp3) is 0.444. The smallest absolute Gasteiger partial charge is 0.394 e. The summed E-state index contributed by atoms with van der Waals surface area (Å²) in [7, 11) is 0. The summed E-state index contributed by atoms with van der Waals surface area (Å²) in [6, 6.07) is 2.06. The first kappa shape index (κ1) is 11.9. The van der Waals surface area contributed by atoms with Gasteiger partial charge in [-0.25, -0.2) is 0 Å². The molecule has 84 valence electrons. The largest absolute Gasteiger partial charge is 0.433 e. The van der Waals surface area contributed by atoms with E-state index in [4.69, 9.17) is 10.8 Å². The number of alkyl halides is 3. The van der Waals surface area contributed by atoms with Crippen molar-refractivity contribution in [3.8, 4) is 0 Å². The molecule has 15 heavy (non-hydrogen) atoms. The summed E-state index contributed by atoms with van der Waals surface area (Å²) in [6.45, 7) is 1.15. The zero-order chi connectivity index (χ0) is 11.7. The van der Waals surface area contributed by atoms with Crippen LogP contribution in [0.2, 0.25) is 0 Å². The molecule has 1 heterocycles. The molecule has 0 amide bonds. The van der Waals surface area contributed by atoms with E-state index in [1.54, 1.807) is 0 Å². The van der Waals surface area contributed by atoms with Gasteiger partial charge in [-0.2, -0.15) is 13.2 Å². The number of aromatic nitrogens is 1. The molecule has 3 N–H and O–H groups in total. The van der Waals surface area contributed by atoms with Crippen LogP contribution in [0.1, 0.15) is 18.2 Å². The molecule has 0 spiro atoms. The van der Waals surface area contributed by atoms with Gasteiger partial charge in [0, 0.05) is 6.20 Å². The second-order valence-corrected chi connectivity index (χ2v) is 3.51. The van der Waals surface area contributed by atoms with E-state index in [0.717, 1.165) is 12.3 Å². The van der Waals surface area contributed by atoms with Crippen LogP contribution in [0.15, 0.2) is 18.3 Å². The molecule has 0 aliphatic carbocycles. The first-order chi connectivity index (χ1) is 6.77. The number of pyridine rings is 1. The van der Waals surface area contributed by atoms with Crippen LogP contribution in [0.5, 0.6) is 0 Å². The molecule has 1 unspecified atom stereocenters. The molecule has 0 aromatic carbocycles. The number of hydrogen-bond donors (Lipinski definition) is 2. The molecule has 0 saturated carbocycles. The Labute approximate surface area is 84.7 Å². The van der Waals surface area contributed by atoms with Crippen molar-refractivity contribution in [2.24, 2.45) is 5.73 Å². The molecular formula is C9H11F3N2O. The normalized spacial score (nSPS) is 16.1. The lowest BCUT2D eigenvalue weighted by Crippen LogP contribution is -2.37. The molecule has 3 nitrogen and oxygen atoms in total. The van der Waals surface area contributed by atoms with E-state index in [9.17, 15) is 13.2 Å². The van der Waals surface area contributed by atoms with Crippen molar-refractivity contribution < 1.29 is 18.3 Å². The second-order valence-electron chi connectivity index (χ2n) is 3.51. The molecule has 1 atom stereocenters. The number of hydrogen-bond acceptors (Lipinski definition) is 3. The maximum absolute atomic E-state index is 12.2. The fourth-order valence-corrected chi connectivity index (χ4v) is 0.991. The van der Waals surface area contributed by atoms with Crippen molar-refractivity contribution in [2.75, 3.05) is 6.61 Å². The maximum atomic E-state index is 12.2. The van der Waals surface area contributed by atoms with Gasteiger partial charge >= 0.3 is 6.18 Å². The highest BCUT2D eigenvalue weighted by Crippen LogP contribution is 2.28. The monoisotopic (exact) mass is 220 g/mol. The fourth-order valence-electron chi connectivity index (χ4n) is 0.991. The standard InChI is InChI=1S/C9H11F3N2O/c1-8(13,5-15)6-2-3-7(14-4-6)9(10,11)12/h2-4,15H,5,13H2,1H3. The number of halogens is 3. The van der Waals surface area contributed by atoms with E-state index in [1.165, 1.54) is 13.0 Å². The highest BCUT2D eigenvalue weighted by Gasteiger charge is 2.32. The van der Waals surface area contributed by atoms with E-state index in [2.05, 4.69) is 4.98 Å². The minimum Gasteiger partial charge on any atom is -0.394 e. The Morgan fingerprint density at radius 1 is 1.40 bits per heavy atom. The third-order valence-corrected chi connectivity index (χ3v) is 2.04. The van der Waals surface area contributed by atoms with Crippen molar-refractivity contribution in [3.05, 3.63) is 29.6 Å². The van der Waals surface area contributed by atoms with Crippen molar-refractivity contribution in [2.45, 2.75) is 18.6 Å². The maximum Gasteiger partial charge on any atom is 0.433 e. The quantitative estimate of drug-likeness (QED) is 0.789. The van der Waals surface area contributed by atoms with Gasteiger partial charge in [0.05, 0.1) is 12.1 Å². The molecule has 1 aromatic heterocycles. The SMILES string of the molecule is CC(N)(CO)c1ccc(C(F)(F)F)nc1. The Kier molecular flexibility index (Phi) is 3.01. The van der Waals surface area contributed by atoms with Crippen LogP contribution < -0.4 is 5.73 Å². The molecule has 0 aliphatic rings. The van der Waals surface area contributed by atoms with Gasteiger partial charge in [-0.15, -0.1) is 0 Å². The highest BCUT2D eigenvalue weighted by atomic mass is 19.4. The van der Waals surface area contributed by atoms with E-state index in [0.29, 0.717) is 5.56 Å². The van der Waals surface area contributed by atoms with E-state index < -0.39 is 17.4 Å². The minimum atomic E-state index is -4.46.